The number of rotatable bonds is 5. The van der Waals surface area contributed by atoms with E-state index >= 15 is 0 Å². The van der Waals surface area contributed by atoms with Gasteiger partial charge in [0.15, 0.2) is 0 Å². The molecule has 19 heavy (non-hydrogen) atoms. The van der Waals surface area contributed by atoms with Crippen LogP contribution in [0.2, 0.25) is 0 Å². The van der Waals surface area contributed by atoms with Crippen LogP contribution >= 0.6 is 0 Å². The molecule has 0 heterocycles. The normalized spacial score (nSPS) is 6.79. The minimum atomic E-state index is 0. The van der Waals surface area contributed by atoms with Crippen molar-refractivity contribution in [2.24, 2.45) is 5.92 Å². The lowest BCUT2D eigenvalue weighted by Gasteiger charge is -2.07. The first-order valence-corrected chi connectivity index (χ1v) is 5.31. The summed E-state index contributed by atoms with van der Waals surface area (Å²) in [6.45, 7) is 10.9. The molecule has 0 spiro atoms. The van der Waals surface area contributed by atoms with Crippen LogP contribution in [-0.2, 0) is 0 Å². The second kappa shape index (κ2) is 81.3. The number of hydrogen-bond acceptors (Lipinski definition) is 0. The third-order valence-electron chi connectivity index (χ3n) is 1.83. The van der Waals surface area contributed by atoms with Gasteiger partial charge in [0.25, 0.3) is 0 Å². The molecule has 0 bridgehead atoms. The van der Waals surface area contributed by atoms with Gasteiger partial charge in [-0.05, 0) is 5.92 Å². The molecule has 0 fully saturated rings. The molecule has 0 N–H and O–H groups in total. The van der Waals surface area contributed by atoms with Gasteiger partial charge in [0, 0.05) is 0 Å². The van der Waals surface area contributed by atoms with Crippen molar-refractivity contribution >= 4 is 0 Å². The van der Waals surface area contributed by atoms with E-state index in [4.69, 9.17) is 0 Å². The van der Waals surface area contributed by atoms with Gasteiger partial charge in [-0.15, -0.1) is 0 Å². The Balaban J connectivity index is -0.00000000966. The van der Waals surface area contributed by atoms with Crippen LogP contribution in [0.25, 0.3) is 0 Å². The van der Waals surface area contributed by atoms with E-state index in [0.29, 0.717) is 0 Å². The molecule has 1 atom stereocenters. The van der Waals surface area contributed by atoms with E-state index in [1.165, 1.54) is 32.1 Å². The van der Waals surface area contributed by atoms with Gasteiger partial charge in [-0.25, -0.2) is 0 Å². The molecule has 1 unspecified atom stereocenters. The Hall–Kier alpha value is 0. The first-order valence-electron chi connectivity index (χ1n) is 5.31. The van der Waals surface area contributed by atoms with Gasteiger partial charge >= 0.3 is 0 Å². The Labute approximate surface area is 132 Å². The van der Waals surface area contributed by atoms with Crippen LogP contribution in [-0.4, -0.2) is 0 Å². The Bertz CT molecular complexity index is 48.0. The van der Waals surface area contributed by atoms with Crippen molar-refractivity contribution in [1.29, 1.82) is 0 Å². The largest absolute Gasteiger partial charge is 0.0776 e. The van der Waals surface area contributed by atoms with Gasteiger partial charge in [0.05, 0.1) is 0 Å². The molecule has 0 amide bonds. The van der Waals surface area contributed by atoms with Crippen molar-refractivity contribution < 1.29 is 0 Å². The molecular weight excluding hydrogens is 228 g/mol. The summed E-state index contributed by atoms with van der Waals surface area (Å²) in [5.41, 5.74) is 0. The summed E-state index contributed by atoms with van der Waals surface area (Å²) in [5.74, 6) is 0.968. The second-order valence-electron chi connectivity index (χ2n) is 3.04. The van der Waals surface area contributed by atoms with E-state index in [-0.39, 0.29) is 59.4 Å². The molecule has 0 saturated carbocycles. The maximum absolute atomic E-state index is 2.36. The molecule has 0 aliphatic heterocycles. The number of unbranched alkanes of at least 4 members (excludes halogenated alkanes) is 1. The van der Waals surface area contributed by atoms with Gasteiger partial charge < -0.3 is 0 Å². The summed E-state index contributed by atoms with van der Waals surface area (Å²) < 4.78 is 0. The van der Waals surface area contributed by atoms with Crippen LogP contribution in [0, 0.1) is 5.92 Å². The highest BCUT2D eigenvalue weighted by Crippen LogP contribution is 2.12. The summed E-state index contributed by atoms with van der Waals surface area (Å²) in [4.78, 5) is 0. The highest BCUT2D eigenvalue weighted by atomic mass is 14.0. The third-order valence-corrected chi connectivity index (χ3v) is 1.83. The maximum Gasteiger partial charge on any atom is -0.0443 e. The molecular formula is C19H58. The molecule has 0 aliphatic rings. The fourth-order valence-electron chi connectivity index (χ4n) is 1.19. The summed E-state index contributed by atoms with van der Waals surface area (Å²) in [7, 11) is 0. The zero-order valence-corrected chi connectivity index (χ0v) is 9.11. The molecule has 0 aliphatic carbocycles. The smallest absolute Gasteiger partial charge is 0.0443 e. The van der Waals surface area contributed by atoms with E-state index in [2.05, 4.69) is 20.8 Å². The molecule has 0 aromatic rings. The third kappa shape index (κ3) is 94.0. The van der Waals surface area contributed by atoms with Gasteiger partial charge in [-0.3, -0.25) is 0 Å². The fourth-order valence-corrected chi connectivity index (χ4v) is 1.19. The molecule has 0 radical (unpaired) electrons. The topological polar surface area (TPSA) is 0 Å². The fraction of sp³-hybridized carbons (Fsp3) is 1.00. The predicted molar refractivity (Wildman–Crippen MR) is 109 cm³/mol. The van der Waals surface area contributed by atoms with Crippen molar-refractivity contribution in [3.63, 3.8) is 0 Å². The van der Waals surface area contributed by atoms with Crippen LogP contribution < -0.4 is 0 Å². The average Bonchev–Trinajstić information content (AvgIpc) is 2.05. The molecule has 134 valence electrons. The first kappa shape index (κ1) is 76.0. The maximum atomic E-state index is 2.36. The van der Waals surface area contributed by atoms with E-state index in [9.17, 15) is 0 Å². The quantitative estimate of drug-likeness (QED) is 0.471. The summed E-state index contributed by atoms with van der Waals surface area (Å²) in [5, 5.41) is 0. The zero-order valence-electron chi connectivity index (χ0n) is 9.11. The van der Waals surface area contributed by atoms with E-state index in [1.807, 2.05) is 13.8 Å². The Morgan fingerprint density at radius 2 is 0.895 bits per heavy atom. The van der Waals surface area contributed by atoms with Gasteiger partial charge in [-0.2, -0.15) is 0 Å². The minimum Gasteiger partial charge on any atom is -0.0776 e. The van der Waals surface area contributed by atoms with Gasteiger partial charge in [0.1, 0.15) is 0 Å². The first-order chi connectivity index (χ1) is 5.31. The van der Waals surface area contributed by atoms with Gasteiger partial charge in [-0.1, -0.05) is 126 Å². The van der Waals surface area contributed by atoms with Crippen LogP contribution in [0.4, 0.5) is 0 Å². The van der Waals surface area contributed by atoms with Gasteiger partial charge in [0.2, 0.25) is 0 Å². The van der Waals surface area contributed by atoms with E-state index < -0.39 is 0 Å². The van der Waals surface area contributed by atoms with Crippen molar-refractivity contribution in [2.45, 2.75) is 126 Å². The second-order valence-corrected chi connectivity index (χ2v) is 3.04. The van der Waals surface area contributed by atoms with Crippen molar-refractivity contribution in [3.05, 3.63) is 0 Å². The Kier molecular flexibility index (Phi) is 325. The monoisotopic (exact) mass is 286 g/mol. The molecule has 0 aromatic heterocycles. The molecule has 0 heteroatoms. The Morgan fingerprint density at radius 1 is 0.579 bits per heavy atom. The van der Waals surface area contributed by atoms with Crippen LogP contribution in [0.1, 0.15) is 126 Å². The summed E-state index contributed by atoms with van der Waals surface area (Å²) >= 11 is 0. The highest BCUT2D eigenvalue weighted by molar-refractivity contribution is 4.50. The standard InChI is InChI=1S/C9H20.C2H6.8CH4/c1-4-6-8-9(3)7-5-2;1-2;;;;;;;;/h9H,4-8H2,1-3H3;1-2H3;8*1H4. The lowest BCUT2D eigenvalue weighted by molar-refractivity contribution is 0.466. The van der Waals surface area contributed by atoms with Crippen molar-refractivity contribution in [1.82, 2.24) is 0 Å². The Morgan fingerprint density at radius 3 is 1.11 bits per heavy atom. The zero-order chi connectivity index (χ0) is 9.11. The summed E-state index contributed by atoms with van der Waals surface area (Å²) in [6, 6.07) is 0. The molecule has 0 saturated heterocycles. The molecule has 0 aromatic carbocycles. The van der Waals surface area contributed by atoms with Crippen LogP contribution in [0.5, 0.6) is 0 Å². The minimum absolute atomic E-state index is 0. The van der Waals surface area contributed by atoms with E-state index in [1.54, 1.807) is 0 Å². The molecule has 0 rings (SSSR count). The summed E-state index contributed by atoms with van der Waals surface area (Å²) in [6.07, 6.45) is 6.98. The lowest BCUT2D eigenvalue weighted by atomic mass is 10.00. The predicted octanol–water partition coefficient (Wildman–Crippen LogP) is 9.73. The number of hydrogen-bond donors (Lipinski definition) is 0. The lowest BCUT2D eigenvalue weighted by Crippen LogP contribution is -1.92. The highest BCUT2D eigenvalue weighted by Gasteiger charge is 1.97. The van der Waals surface area contributed by atoms with Crippen LogP contribution in [0.3, 0.4) is 0 Å². The van der Waals surface area contributed by atoms with Crippen molar-refractivity contribution in [3.8, 4) is 0 Å². The average molecular weight is 287 g/mol. The van der Waals surface area contributed by atoms with E-state index in [0.717, 1.165) is 5.92 Å². The SMILES string of the molecule is C.C.C.C.C.C.C.C.CC.CCCCC(C)CCC. The molecule has 0 nitrogen and oxygen atoms in total. The van der Waals surface area contributed by atoms with Crippen LogP contribution in [0.15, 0.2) is 0 Å². The van der Waals surface area contributed by atoms with Crippen molar-refractivity contribution in [2.75, 3.05) is 0 Å².